The lowest BCUT2D eigenvalue weighted by molar-refractivity contribution is -0.204. The first-order valence-electron chi connectivity index (χ1n) is 14.1. The number of hydrogen-bond acceptors (Lipinski definition) is 6. The SMILES string of the molecule is C[C@H](CC1NNCN1C)C1CCCC(N2CC3C(CC(CN4C[C@@H](O)[C@H](F)C4)CC3C(F)(F)F)C2=O)C1. The molecule has 0 radical (unpaired) electrons. The van der Waals surface area contributed by atoms with Crippen molar-refractivity contribution in [3.05, 3.63) is 0 Å². The number of halogens is 4. The number of alkyl halides is 4. The van der Waals surface area contributed by atoms with Crippen LogP contribution >= 0.6 is 0 Å². The first-order valence-corrected chi connectivity index (χ1v) is 14.1. The van der Waals surface area contributed by atoms with E-state index in [2.05, 4.69) is 29.7 Å². The molecular formula is C26H43F4N5O2. The molecule has 0 bridgehead atoms. The molecule has 7 unspecified atom stereocenters. The number of nitrogens with zero attached hydrogens (tertiary/aromatic N) is 3. The number of hydrazine groups is 1. The number of aliphatic hydroxyl groups excluding tert-OH is 1. The quantitative estimate of drug-likeness (QED) is 0.456. The lowest BCUT2D eigenvalue weighted by atomic mass is 9.68. The number of amides is 1. The molecule has 0 aromatic heterocycles. The van der Waals surface area contributed by atoms with Crippen molar-refractivity contribution >= 4 is 5.91 Å². The third-order valence-electron chi connectivity index (χ3n) is 10.1. The molecule has 3 N–H and O–H groups in total. The highest BCUT2D eigenvalue weighted by atomic mass is 19.4. The van der Waals surface area contributed by atoms with E-state index in [9.17, 15) is 27.5 Å². The molecule has 0 spiro atoms. The first kappa shape index (κ1) is 27.6. The topological polar surface area (TPSA) is 71.1 Å². The van der Waals surface area contributed by atoms with E-state index in [0.717, 1.165) is 38.8 Å². The van der Waals surface area contributed by atoms with E-state index in [0.29, 0.717) is 24.8 Å². The van der Waals surface area contributed by atoms with Crippen LogP contribution < -0.4 is 10.9 Å². The number of β-amino-alcohol motifs (C(OH)–C–C–N with tert-alkyl or cyclic N) is 1. The Bertz CT molecular complexity index is 808. The summed E-state index contributed by atoms with van der Waals surface area (Å²) in [6, 6.07) is 0.0139. The van der Waals surface area contributed by atoms with E-state index < -0.39 is 36.2 Å². The average Bonchev–Trinajstić information content (AvgIpc) is 3.50. The highest BCUT2D eigenvalue weighted by Gasteiger charge is 2.58. The van der Waals surface area contributed by atoms with Crippen molar-refractivity contribution in [1.82, 2.24) is 25.6 Å². The molecule has 1 amide bonds. The van der Waals surface area contributed by atoms with E-state index in [-0.39, 0.29) is 50.1 Å². The summed E-state index contributed by atoms with van der Waals surface area (Å²) >= 11 is 0. The largest absolute Gasteiger partial charge is 0.392 e. The minimum absolute atomic E-state index is 0.0139. The summed E-state index contributed by atoms with van der Waals surface area (Å²) in [5.74, 6) is -2.34. The molecule has 2 aliphatic carbocycles. The van der Waals surface area contributed by atoms with Crippen LogP contribution in [0.25, 0.3) is 0 Å². The van der Waals surface area contributed by atoms with Crippen LogP contribution in [0.5, 0.6) is 0 Å². The number of likely N-dealkylation sites (tertiary alicyclic amines) is 2. The van der Waals surface area contributed by atoms with Gasteiger partial charge in [-0.1, -0.05) is 19.8 Å². The van der Waals surface area contributed by atoms with Gasteiger partial charge in [0, 0.05) is 38.1 Å². The summed E-state index contributed by atoms with van der Waals surface area (Å²) in [4.78, 5) is 19.4. The van der Waals surface area contributed by atoms with Crippen molar-refractivity contribution in [3.8, 4) is 0 Å². The smallest absolute Gasteiger partial charge is 0.389 e. The monoisotopic (exact) mass is 533 g/mol. The van der Waals surface area contributed by atoms with Crippen LogP contribution in [0.3, 0.4) is 0 Å². The zero-order chi connectivity index (χ0) is 26.5. The van der Waals surface area contributed by atoms with Crippen molar-refractivity contribution in [2.45, 2.75) is 82.5 Å². The van der Waals surface area contributed by atoms with Crippen LogP contribution in [0.1, 0.15) is 51.9 Å². The second-order valence-electron chi connectivity index (χ2n) is 12.6. The molecule has 3 aliphatic heterocycles. The van der Waals surface area contributed by atoms with Gasteiger partial charge in [-0.25, -0.2) is 15.2 Å². The third-order valence-corrected chi connectivity index (χ3v) is 10.1. The highest BCUT2D eigenvalue weighted by Crippen LogP contribution is 2.51. The maximum atomic E-state index is 14.2. The fourth-order valence-electron chi connectivity index (χ4n) is 8.00. The van der Waals surface area contributed by atoms with Gasteiger partial charge in [0.25, 0.3) is 0 Å². The second kappa shape index (κ2) is 10.9. The minimum Gasteiger partial charge on any atom is -0.389 e. The van der Waals surface area contributed by atoms with E-state index in [1.54, 1.807) is 4.90 Å². The Morgan fingerprint density at radius 2 is 1.92 bits per heavy atom. The summed E-state index contributed by atoms with van der Waals surface area (Å²) in [6.45, 7) is 3.76. The molecular weight excluding hydrogens is 490 g/mol. The fraction of sp³-hybridized carbons (Fsp3) is 0.962. The number of aliphatic hydroxyl groups is 1. The van der Waals surface area contributed by atoms with Crippen molar-refractivity contribution in [3.63, 3.8) is 0 Å². The standard InChI is InChI=1S/C26H43F4N5O2/c1-15(6-24-32-31-14-33(24)2)17-4-3-5-18(9-17)35-11-20-19(25(35)37)7-16(8-21(20)26(28,29)30)10-34-12-22(27)23(36)13-34/h15-24,31-32,36H,3-14H2,1-2H3/t15-,16?,17?,18?,19?,20?,21?,22-,23-,24?/m1/s1. The molecule has 3 heterocycles. The number of fused-ring (bicyclic) bond motifs is 1. The maximum Gasteiger partial charge on any atom is 0.392 e. The Morgan fingerprint density at radius 3 is 2.57 bits per heavy atom. The molecule has 0 aromatic rings. The Labute approximate surface area is 217 Å². The first-order chi connectivity index (χ1) is 17.5. The number of nitrogens with one attached hydrogen (secondary N) is 2. The third kappa shape index (κ3) is 5.81. The molecule has 37 heavy (non-hydrogen) atoms. The van der Waals surface area contributed by atoms with Gasteiger partial charge in [0.05, 0.1) is 24.9 Å². The number of rotatable bonds is 6. The molecule has 5 fully saturated rings. The number of hydrogen-bond donors (Lipinski definition) is 3. The van der Waals surface area contributed by atoms with Gasteiger partial charge in [0.15, 0.2) is 0 Å². The molecule has 3 saturated heterocycles. The molecule has 10 atom stereocenters. The summed E-state index contributed by atoms with van der Waals surface area (Å²) in [5.41, 5.74) is 6.47. The molecule has 5 rings (SSSR count). The zero-order valence-corrected chi connectivity index (χ0v) is 22.0. The number of carbonyl (C=O) groups excluding carboxylic acids is 1. The fourth-order valence-corrected chi connectivity index (χ4v) is 8.00. The van der Waals surface area contributed by atoms with Crippen molar-refractivity contribution in [2.75, 3.05) is 39.9 Å². The van der Waals surface area contributed by atoms with Crippen LogP contribution in [0.4, 0.5) is 17.6 Å². The average molecular weight is 534 g/mol. The van der Waals surface area contributed by atoms with Crippen molar-refractivity contribution in [2.24, 2.45) is 35.5 Å². The van der Waals surface area contributed by atoms with Crippen LogP contribution in [0, 0.1) is 35.5 Å². The van der Waals surface area contributed by atoms with Gasteiger partial charge in [-0.15, -0.1) is 0 Å². The Kier molecular flexibility index (Phi) is 8.09. The van der Waals surface area contributed by atoms with Gasteiger partial charge in [-0.2, -0.15) is 13.2 Å². The second-order valence-corrected chi connectivity index (χ2v) is 12.6. The molecule has 212 valence electrons. The van der Waals surface area contributed by atoms with E-state index in [1.165, 1.54) is 0 Å². The summed E-state index contributed by atoms with van der Waals surface area (Å²) < 4.78 is 56.5. The van der Waals surface area contributed by atoms with Gasteiger partial charge in [0.2, 0.25) is 5.91 Å². The molecule has 0 aromatic carbocycles. The van der Waals surface area contributed by atoms with Crippen LogP contribution in [0.2, 0.25) is 0 Å². The van der Waals surface area contributed by atoms with Crippen LogP contribution in [0.15, 0.2) is 0 Å². The molecule has 2 saturated carbocycles. The zero-order valence-electron chi connectivity index (χ0n) is 22.0. The Morgan fingerprint density at radius 1 is 1.14 bits per heavy atom. The summed E-state index contributed by atoms with van der Waals surface area (Å²) in [7, 11) is 2.07. The number of carbonyl (C=O) groups is 1. The minimum atomic E-state index is -4.36. The van der Waals surface area contributed by atoms with Gasteiger partial charge >= 0.3 is 6.18 Å². The van der Waals surface area contributed by atoms with E-state index in [4.69, 9.17) is 0 Å². The molecule has 11 heteroatoms. The maximum absolute atomic E-state index is 14.2. The van der Waals surface area contributed by atoms with Gasteiger partial charge < -0.3 is 10.0 Å². The van der Waals surface area contributed by atoms with Gasteiger partial charge in [0.1, 0.15) is 6.17 Å². The van der Waals surface area contributed by atoms with Crippen LogP contribution in [-0.2, 0) is 4.79 Å². The Balaban J connectivity index is 1.24. The van der Waals surface area contributed by atoms with Gasteiger partial charge in [-0.3, -0.25) is 14.6 Å². The molecule has 5 aliphatic rings. The van der Waals surface area contributed by atoms with Crippen molar-refractivity contribution < 1.29 is 27.5 Å². The van der Waals surface area contributed by atoms with Crippen LogP contribution in [-0.4, -0.2) is 96.3 Å². The predicted octanol–water partition coefficient (Wildman–Crippen LogP) is 2.57. The van der Waals surface area contributed by atoms with Crippen molar-refractivity contribution in [1.29, 1.82) is 0 Å². The van der Waals surface area contributed by atoms with E-state index >= 15 is 0 Å². The normalized spacial score (nSPS) is 42.9. The summed E-state index contributed by atoms with van der Waals surface area (Å²) in [5, 5.41) is 9.74. The van der Waals surface area contributed by atoms with Gasteiger partial charge in [-0.05, 0) is 62.8 Å². The lowest BCUT2D eigenvalue weighted by Crippen LogP contribution is -2.43. The summed E-state index contributed by atoms with van der Waals surface area (Å²) in [6.07, 6.45) is -1.32. The molecule has 7 nitrogen and oxygen atoms in total. The lowest BCUT2D eigenvalue weighted by Gasteiger charge is -2.39. The highest BCUT2D eigenvalue weighted by molar-refractivity contribution is 5.82. The Hall–Kier alpha value is -1.01. The van der Waals surface area contributed by atoms with E-state index in [1.807, 2.05) is 4.90 Å². The predicted molar refractivity (Wildman–Crippen MR) is 131 cm³/mol.